The van der Waals surface area contributed by atoms with Crippen LogP contribution in [0, 0.1) is 10.1 Å². The summed E-state index contributed by atoms with van der Waals surface area (Å²) in [6.07, 6.45) is 0. The lowest BCUT2D eigenvalue weighted by Crippen LogP contribution is -2.11. The second-order valence-electron chi connectivity index (χ2n) is 3.64. The molecule has 1 aromatic carbocycles. The van der Waals surface area contributed by atoms with Gasteiger partial charge in [-0.2, -0.15) is 0 Å². The summed E-state index contributed by atoms with van der Waals surface area (Å²) in [5.41, 5.74) is -0.329. The Balaban J connectivity index is 2.36. The predicted molar refractivity (Wildman–Crippen MR) is 74.9 cm³/mol. The van der Waals surface area contributed by atoms with Gasteiger partial charge in [0.1, 0.15) is 9.96 Å². The molecule has 106 valence electrons. The van der Waals surface area contributed by atoms with Gasteiger partial charge in [0.2, 0.25) is 0 Å². The third kappa shape index (κ3) is 3.00. The zero-order valence-corrected chi connectivity index (χ0v) is 12.0. The van der Waals surface area contributed by atoms with Gasteiger partial charge in [0.25, 0.3) is 15.7 Å². The molecule has 0 aliphatic heterocycles. The maximum Gasteiger partial charge on any atom is 0.300 e. The number of nitro groups is 1. The fraction of sp³-hybridized carbons (Fsp3) is 0. The second-order valence-corrected chi connectivity index (χ2v) is 7.20. The van der Waals surface area contributed by atoms with E-state index in [9.17, 15) is 23.6 Å². The molecule has 0 aliphatic rings. The van der Waals surface area contributed by atoms with E-state index in [1.807, 2.05) is 0 Å². The van der Waals surface area contributed by atoms with E-state index in [4.69, 9.17) is 11.6 Å². The van der Waals surface area contributed by atoms with Crippen LogP contribution in [0.3, 0.4) is 0 Å². The Morgan fingerprint density at radius 2 is 2.05 bits per heavy atom. The standard InChI is InChI=1S/C10H7ClN2O5S2/c11-10-8(13(15)16)5-9(19-10)20(17,18)12-6-2-1-3-7(14)4-6/h1-5,12,14H. The Kier molecular flexibility index (Phi) is 3.84. The molecule has 0 fully saturated rings. The van der Waals surface area contributed by atoms with Crippen LogP contribution in [0.2, 0.25) is 4.34 Å². The van der Waals surface area contributed by atoms with Crippen molar-refractivity contribution in [2.45, 2.75) is 4.21 Å². The maximum atomic E-state index is 12.0. The van der Waals surface area contributed by atoms with Gasteiger partial charge in [-0.1, -0.05) is 17.7 Å². The molecular weight excluding hydrogens is 328 g/mol. The van der Waals surface area contributed by atoms with E-state index in [2.05, 4.69) is 4.72 Å². The van der Waals surface area contributed by atoms with Crippen LogP contribution in [0.1, 0.15) is 0 Å². The Labute approximate surface area is 122 Å². The molecule has 0 aliphatic carbocycles. The number of halogens is 1. The van der Waals surface area contributed by atoms with E-state index in [0.29, 0.717) is 11.3 Å². The third-order valence-electron chi connectivity index (χ3n) is 2.21. The summed E-state index contributed by atoms with van der Waals surface area (Å²) in [4.78, 5) is 9.89. The molecule has 0 amide bonds. The number of nitrogens with zero attached hydrogens (tertiary/aromatic N) is 1. The topological polar surface area (TPSA) is 110 Å². The predicted octanol–water partition coefficient (Wildman–Crippen LogP) is 2.82. The van der Waals surface area contributed by atoms with Crippen molar-refractivity contribution in [2.75, 3.05) is 4.72 Å². The third-order valence-corrected chi connectivity index (χ3v) is 5.40. The number of sulfonamides is 1. The van der Waals surface area contributed by atoms with E-state index in [-0.39, 0.29) is 20.0 Å². The zero-order valence-electron chi connectivity index (χ0n) is 9.61. The van der Waals surface area contributed by atoms with Crippen LogP contribution in [0.4, 0.5) is 11.4 Å². The monoisotopic (exact) mass is 334 g/mol. The lowest BCUT2D eigenvalue weighted by atomic mass is 10.3. The SMILES string of the molecule is O=[N+]([O-])c1cc(S(=O)(=O)Nc2cccc(O)c2)sc1Cl. The highest BCUT2D eigenvalue weighted by molar-refractivity contribution is 7.94. The van der Waals surface area contributed by atoms with Crippen LogP contribution >= 0.6 is 22.9 Å². The molecule has 20 heavy (non-hydrogen) atoms. The minimum atomic E-state index is -4.00. The summed E-state index contributed by atoms with van der Waals surface area (Å²) in [6.45, 7) is 0. The van der Waals surface area contributed by atoms with Gasteiger partial charge >= 0.3 is 0 Å². The van der Waals surface area contributed by atoms with Gasteiger partial charge in [0.15, 0.2) is 4.34 Å². The van der Waals surface area contributed by atoms with Crippen LogP contribution in [0.15, 0.2) is 34.5 Å². The summed E-state index contributed by atoms with van der Waals surface area (Å²) in [7, 11) is -4.00. The Morgan fingerprint density at radius 3 is 2.60 bits per heavy atom. The van der Waals surface area contributed by atoms with Crippen LogP contribution in [-0.4, -0.2) is 18.4 Å². The summed E-state index contributed by atoms with van der Waals surface area (Å²) in [5.74, 6) is -0.111. The molecule has 0 radical (unpaired) electrons. The molecule has 10 heteroatoms. The first kappa shape index (κ1) is 14.6. The number of phenols is 1. The lowest BCUT2D eigenvalue weighted by molar-refractivity contribution is -0.384. The molecule has 2 rings (SSSR count). The highest BCUT2D eigenvalue weighted by Crippen LogP contribution is 2.36. The number of nitrogens with one attached hydrogen (secondary N) is 1. The Morgan fingerprint density at radius 1 is 1.35 bits per heavy atom. The second kappa shape index (κ2) is 5.27. The van der Waals surface area contributed by atoms with Crippen molar-refractivity contribution in [1.82, 2.24) is 0 Å². The number of rotatable bonds is 4. The number of hydrogen-bond donors (Lipinski definition) is 2. The largest absolute Gasteiger partial charge is 0.508 e. The van der Waals surface area contributed by atoms with Gasteiger partial charge in [0.05, 0.1) is 10.6 Å². The lowest BCUT2D eigenvalue weighted by Gasteiger charge is -2.05. The Bertz CT molecular complexity index is 772. The molecule has 7 nitrogen and oxygen atoms in total. The van der Waals surface area contributed by atoms with Gasteiger partial charge in [-0.3, -0.25) is 14.8 Å². The molecule has 1 aromatic heterocycles. The van der Waals surface area contributed by atoms with E-state index in [0.717, 1.165) is 6.07 Å². The summed E-state index contributed by atoms with van der Waals surface area (Å²) >= 11 is 6.20. The molecular formula is C10H7ClN2O5S2. The molecule has 0 saturated heterocycles. The highest BCUT2D eigenvalue weighted by Gasteiger charge is 2.25. The van der Waals surface area contributed by atoms with Gasteiger partial charge in [0, 0.05) is 12.1 Å². The van der Waals surface area contributed by atoms with Crippen LogP contribution in [0.5, 0.6) is 5.75 Å². The minimum absolute atomic E-state index is 0.111. The summed E-state index contributed by atoms with van der Waals surface area (Å²) in [6, 6.07) is 6.36. The average molecular weight is 335 g/mol. The number of aromatic hydroxyl groups is 1. The van der Waals surface area contributed by atoms with Crippen molar-refractivity contribution in [3.63, 3.8) is 0 Å². The first-order valence-corrected chi connectivity index (χ1v) is 7.73. The van der Waals surface area contributed by atoms with Crippen LogP contribution in [0.25, 0.3) is 0 Å². The molecule has 2 aromatic rings. The van der Waals surface area contributed by atoms with Crippen molar-refractivity contribution >= 4 is 44.3 Å². The maximum absolute atomic E-state index is 12.0. The van der Waals surface area contributed by atoms with Crippen LogP contribution in [-0.2, 0) is 10.0 Å². The molecule has 0 bridgehead atoms. The number of phenolic OH excluding ortho intramolecular Hbond substituents is 1. The Hall–Kier alpha value is -1.84. The van der Waals surface area contributed by atoms with Gasteiger partial charge in [-0.15, -0.1) is 11.3 Å². The molecule has 0 saturated carbocycles. The molecule has 0 spiro atoms. The fourth-order valence-electron chi connectivity index (χ4n) is 1.37. The molecule has 1 heterocycles. The van der Waals surface area contributed by atoms with Crippen LogP contribution < -0.4 is 4.72 Å². The van der Waals surface area contributed by atoms with E-state index in [1.165, 1.54) is 24.3 Å². The average Bonchev–Trinajstić information content (AvgIpc) is 2.71. The smallest absolute Gasteiger partial charge is 0.300 e. The highest BCUT2D eigenvalue weighted by atomic mass is 35.5. The summed E-state index contributed by atoms with van der Waals surface area (Å²) in [5, 5.41) is 19.9. The van der Waals surface area contributed by atoms with Crippen molar-refractivity contribution in [1.29, 1.82) is 0 Å². The summed E-state index contributed by atoms with van der Waals surface area (Å²) < 4.78 is 25.8. The number of anilines is 1. The normalized spacial score (nSPS) is 11.2. The van der Waals surface area contributed by atoms with Gasteiger partial charge < -0.3 is 5.11 Å². The van der Waals surface area contributed by atoms with Crippen molar-refractivity contribution in [2.24, 2.45) is 0 Å². The minimum Gasteiger partial charge on any atom is -0.508 e. The van der Waals surface area contributed by atoms with Crippen molar-refractivity contribution in [3.05, 3.63) is 44.8 Å². The quantitative estimate of drug-likeness (QED) is 0.660. The molecule has 0 atom stereocenters. The molecule has 0 unspecified atom stereocenters. The number of benzene rings is 1. The van der Waals surface area contributed by atoms with Gasteiger partial charge in [-0.05, 0) is 12.1 Å². The van der Waals surface area contributed by atoms with Crippen molar-refractivity contribution in [3.8, 4) is 5.75 Å². The van der Waals surface area contributed by atoms with Gasteiger partial charge in [-0.25, -0.2) is 8.42 Å². The number of hydrogen-bond acceptors (Lipinski definition) is 6. The zero-order chi connectivity index (χ0) is 14.9. The van der Waals surface area contributed by atoms with E-state index < -0.39 is 20.6 Å². The fourth-order valence-corrected chi connectivity index (χ4v) is 4.08. The first-order valence-electron chi connectivity index (χ1n) is 5.05. The van der Waals surface area contributed by atoms with E-state index in [1.54, 1.807) is 0 Å². The van der Waals surface area contributed by atoms with E-state index >= 15 is 0 Å². The first-order chi connectivity index (χ1) is 9.29. The molecule has 2 N–H and O–H groups in total. The number of thiophene rings is 1. The van der Waals surface area contributed by atoms with Crippen molar-refractivity contribution < 1.29 is 18.4 Å².